The highest BCUT2D eigenvalue weighted by atomic mass is 32.2. The Balaban J connectivity index is 1.55. The number of nitrogens with zero attached hydrogens (tertiary/aromatic N) is 2. The predicted molar refractivity (Wildman–Crippen MR) is 117 cm³/mol. The van der Waals surface area contributed by atoms with Crippen molar-refractivity contribution in [2.75, 3.05) is 50.0 Å². The molecule has 1 heterocycles. The minimum absolute atomic E-state index is 0.624. The quantitative estimate of drug-likeness (QED) is 0.715. The van der Waals surface area contributed by atoms with E-state index in [0.29, 0.717) is 10.6 Å². The van der Waals surface area contributed by atoms with E-state index in [9.17, 15) is 4.21 Å². The van der Waals surface area contributed by atoms with E-state index in [1.807, 2.05) is 48.5 Å². The third-order valence-electron chi connectivity index (χ3n) is 5.20. The maximum atomic E-state index is 13.1. The minimum atomic E-state index is -1.43. The zero-order chi connectivity index (χ0) is 19.5. The first kappa shape index (κ1) is 18.8. The van der Waals surface area contributed by atoms with Gasteiger partial charge in [-0.1, -0.05) is 30.3 Å². The molecule has 3 aromatic rings. The lowest BCUT2D eigenvalue weighted by atomic mass is 10.1. The molecule has 0 amide bonds. The fourth-order valence-electron chi connectivity index (χ4n) is 3.54. The number of methoxy groups -OCH3 is 1. The second-order valence-corrected chi connectivity index (χ2v) is 8.18. The molecule has 1 atom stereocenters. The lowest BCUT2D eigenvalue weighted by Gasteiger charge is -2.34. The molecule has 1 aliphatic heterocycles. The monoisotopic (exact) mass is 395 g/mol. The number of anilines is 2. The number of hydrogen-bond donors (Lipinski definition) is 1. The van der Waals surface area contributed by atoms with E-state index in [1.54, 1.807) is 7.11 Å². The Morgan fingerprint density at radius 1 is 0.929 bits per heavy atom. The summed E-state index contributed by atoms with van der Waals surface area (Å²) in [6.07, 6.45) is 0. The van der Waals surface area contributed by atoms with E-state index in [2.05, 4.69) is 33.7 Å². The molecule has 0 bridgehead atoms. The summed E-state index contributed by atoms with van der Waals surface area (Å²) in [6, 6.07) is 19.9. The van der Waals surface area contributed by atoms with Crippen LogP contribution in [0.5, 0.6) is 5.75 Å². The van der Waals surface area contributed by atoms with Crippen LogP contribution in [-0.4, -0.2) is 49.4 Å². The van der Waals surface area contributed by atoms with Gasteiger partial charge in [-0.2, -0.15) is 0 Å². The van der Waals surface area contributed by atoms with E-state index in [1.165, 1.54) is 5.69 Å². The molecule has 1 aliphatic rings. The van der Waals surface area contributed by atoms with Gasteiger partial charge in [-0.3, -0.25) is 0 Å². The highest BCUT2D eigenvalue weighted by molar-refractivity contribution is 7.86. The summed E-state index contributed by atoms with van der Waals surface area (Å²) in [5, 5.41) is 1.97. The smallest absolute Gasteiger partial charge is 0.154 e. The Morgan fingerprint density at radius 2 is 1.64 bits per heavy atom. The summed E-state index contributed by atoms with van der Waals surface area (Å²) < 4.78 is 21.7. The minimum Gasteiger partial charge on any atom is -0.495 e. The Bertz CT molecular complexity index is 983. The van der Waals surface area contributed by atoms with Crippen LogP contribution in [0.4, 0.5) is 11.4 Å². The molecule has 146 valence electrons. The fraction of sp³-hybridized carbons (Fsp3) is 0.273. The number of benzene rings is 3. The summed E-state index contributed by atoms with van der Waals surface area (Å²) in [5.41, 5.74) is 2.03. The van der Waals surface area contributed by atoms with Crippen molar-refractivity contribution in [1.29, 1.82) is 0 Å². The Kier molecular flexibility index (Phi) is 5.50. The van der Waals surface area contributed by atoms with Gasteiger partial charge in [0.25, 0.3) is 0 Å². The van der Waals surface area contributed by atoms with Crippen LogP contribution in [0.3, 0.4) is 0 Å². The van der Waals surface area contributed by atoms with Crippen LogP contribution in [0.2, 0.25) is 0 Å². The Morgan fingerprint density at radius 3 is 2.36 bits per heavy atom. The molecule has 1 N–H and O–H groups in total. The SMILES string of the molecule is COc1ccc2ccccc2c1[S@@](=O)Nc1ccc(N2CCN(C)CC2)cc1. The molecule has 0 aliphatic carbocycles. The molecule has 4 rings (SSSR count). The summed E-state index contributed by atoms with van der Waals surface area (Å²) in [7, 11) is 2.33. The molecule has 1 saturated heterocycles. The van der Waals surface area contributed by atoms with Crippen LogP contribution in [0.25, 0.3) is 10.8 Å². The van der Waals surface area contributed by atoms with Gasteiger partial charge in [0.15, 0.2) is 11.0 Å². The number of rotatable bonds is 5. The molecule has 0 radical (unpaired) electrons. The van der Waals surface area contributed by atoms with E-state index >= 15 is 0 Å². The molecular weight excluding hydrogens is 370 g/mol. The second-order valence-electron chi connectivity index (χ2n) is 7.03. The van der Waals surface area contributed by atoms with Crippen LogP contribution < -0.4 is 14.4 Å². The number of piperazine rings is 1. The molecule has 0 saturated carbocycles. The van der Waals surface area contributed by atoms with Crippen molar-refractivity contribution in [3.63, 3.8) is 0 Å². The molecule has 0 unspecified atom stereocenters. The van der Waals surface area contributed by atoms with Crippen molar-refractivity contribution in [1.82, 2.24) is 4.90 Å². The number of hydrogen-bond acceptors (Lipinski definition) is 4. The fourth-order valence-corrected chi connectivity index (χ4v) is 4.71. The highest BCUT2D eigenvalue weighted by Crippen LogP contribution is 2.31. The largest absolute Gasteiger partial charge is 0.495 e. The molecule has 28 heavy (non-hydrogen) atoms. The topological polar surface area (TPSA) is 44.8 Å². The maximum Gasteiger partial charge on any atom is 0.154 e. The van der Waals surface area contributed by atoms with E-state index in [4.69, 9.17) is 4.74 Å². The van der Waals surface area contributed by atoms with Gasteiger partial charge < -0.3 is 19.3 Å². The maximum absolute atomic E-state index is 13.1. The van der Waals surface area contributed by atoms with Crippen molar-refractivity contribution >= 4 is 33.1 Å². The third-order valence-corrected chi connectivity index (χ3v) is 6.41. The van der Waals surface area contributed by atoms with E-state index < -0.39 is 11.0 Å². The van der Waals surface area contributed by atoms with Gasteiger partial charge >= 0.3 is 0 Å². The molecule has 1 fully saturated rings. The molecule has 3 aromatic carbocycles. The summed E-state index contributed by atoms with van der Waals surface area (Å²) in [5.74, 6) is 0.624. The van der Waals surface area contributed by atoms with Crippen molar-refractivity contribution in [3.05, 3.63) is 60.7 Å². The van der Waals surface area contributed by atoms with Gasteiger partial charge in [0.2, 0.25) is 0 Å². The van der Waals surface area contributed by atoms with Crippen molar-refractivity contribution in [2.45, 2.75) is 4.90 Å². The third kappa shape index (κ3) is 3.84. The first-order valence-corrected chi connectivity index (χ1v) is 10.6. The van der Waals surface area contributed by atoms with E-state index in [-0.39, 0.29) is 0 Å². The molecular formula is C22H25N3O2S. The summed E-state index contributed by atoms with van der Waals surface area (Å²) in [6.45, 7) is 4.21. The van der Waals surface area contributed by atoms with Gasteiger partial charge in [-0.05, 0) is 42.8 Å². The number of fused-ring (bicyclic) bond motifs is 1. The summed E-state index contributed by atoms with van der Waals surface area (Å²) in [4.78, 5) is 5.39. The Labute approximate surface area is 168 Å². The average molecular weight is 396 g/mol. The first-order valence-electron chi connectivity index (χ1n) is 9.43. The first-order chi connectivity index (χ1) is 13.7. The number of ether oxygens (including phenoxy) is 1. The average Bonchev–Trinajstić information content (AvgIpc) is 2.74. The van der Waals surface area contributed by atoms with Crippen LogP contribution >= 0.6 is 0 Å². The number of likely N-dealkylation sites (N-methyl/N-ethyl adjacent to an activating group) is 1. The zero-order valence-corrected chi connectivity index (χ0v) is 17.0. The highest BCUT2D eigenvalue weighted by Gasteiger charge is 2.17. The van der Waals surface area contributed by atoms with E-state index in [0.717, 1.165) is 42.6 Å². The van der Waals surface area contributed by atoms with Crippen LogP contribution in [0.15, 0.2) is 65.6 Å². The van der Waals surface area contributed by atoms with Crippen molar-refractivity contribution < 1.29 is 8.95 Å². The molecule has 5 nitrogen and oxygen atoms in total. The lowest BCUT2D eigenvalue weighted by molar-refractivity contribution is 0.313. The molecule has 0 aromatic heterocycles. The predicted octanol–water partition coefficient (Wildman–Crippen LogP) is 3.73. The number of nitrogens with one attached hydrogen (secondary N) is 1. The normalized spacial score (nSPS) is 16.1. The van der Waals surface area contributed by atoms with Crippen LogP contribution in [-0.2, 0) is 11.0 Å². The van der Waals surface area contributed by atoms with Gasteiger partial charge in [0.05, 0.1) is 7.11 Å². The van der Waals surface area contributed by atoms with Crippen molar-refractivity contribution in [2.24, 2.45) is 0 Å². The zero-order valence-electron chi connectivity index (χ0n) is 16.2. The molecule has 6 heteroatoms. The van der Waals surface area contributed by atoms with Gasteiger partial charge in [-0.15, -0.1) is 0 Å². The van der Waals surface area contributed by atoms with Gasteiger partial charge in [0, 0.05) is 42.9 Å². The Hall–Kier alpha value is -2.57. The second kappa shape index (κ2) is 8.20. The van der Waals surface area contributed by atoms with Crippen molar-refractivity contribution in [3.8, 4) is 5.75 Å². The molecule has 0 spiro atoms. The standard InChI is InChI=1S/C22H25N3O2S/c1-24-13-15-25(16-14-24)19-10-8-18(9-11-19)23-28(26)22-20-6-4-3-5-17(20)7-12-21(22)27-2/h3-12,23H,13-16H2,1-2H3/t28-/m1/s1. The van der Waals surface area contributed by atoms with Crippen LogP contribution in [0, 0.1) is 0 Å². The van der Waals surface area contributed by atoms with Crippen LogP contribution in [0.1, 0.15) is 0 Å². The summed E-state index contributed by atoms with van der Waals surface area (Å²) >= 11 is 0. The lowest BCUT2D eigenvalue weighted by Crippen LogP contribution is -2.44. The van der Waals surface area contributed by atoms with Gasteiger partial charge in [0.1, 0.15) is 10.6 Å². The van der Waals surface area contributed by atoms with Gasteiger partial charge in [-0.25, -0.2) is 4.21 Å².